The standard InChI is InChI=1S/C15H20F3N5O/c1-9-13(24)22-6-4-5-10(22)8-23(9)12-7-11(15(16,17)18)19-14(20-12)21(2)3/h7,9-10H,4-6,8H2,1-3H3/t9-,10+/m1/s1. The van der Waals surface area contributed by atoms with E-state index < -0.39 is 17.9 Å². The highest BCUT2D eigenvalue weighted by Gasteiger charge is 2.42. The predicted molar refractivity (Wildman–Crippen MR) is 82.9 cm³/mol. The third kappa shape index (κ3) is 2.87. The highest BCUT2D eigenvalue weighted by molar-refractivity contribution is 5.86. The molecule has 0 radical (unpaired) electrons. The van der Waals surface area contributed by atoms with Gasteiger partial charge in [-0.3, -0.25) is 4.79 Å². The van der Waals surface area contributed by atoms with Crippen molar-refractivity contribution in [2.45, 2.75) is 38.0 Å². The van der Waals surface area contributed by atoms with Crippen LogP contribution in [0.1, 0.15) is 25.5 Å². The monoisotopic (exact) mass is 343 g/mol. The largest absolute Gasteiger partial charge is 0.433 e. The molecule has 132 valence electrons. The van der Waals surface area contributed by atoms with E-state index in [0.29, 0.717) is 6.54 Å². The van der Waals surface area contributed by atoms with E-state index in [1.807, 2.05) is 4.90 Å². The molecule has 0 spiro atoms. The number of hydrogen-bond donors (Lipinski definition) is 0. The zero-order valence-electron chi connectivity index (χ0n) is 13.8. The summed E-state index contributed by atoms with van der Waals surface area (Å²) in [6.07, 6.45) is -2.77. The number of aromatic nitrogens is 2. The fourth-order valence-electron chi connectivity index (χ4n) is 3.28. The summed E-state index contributed by atoms with van der Waals surface area (Å²) in [5.41, 5.74) is -0.996. The molecule has 1 aromatic heterocycles. The molecule has 2 saturated heterocycles. The molecule has 0 unspecified atom stereocenters. The van der Waals surface area contributed by atoms with Crippen LogP contribution in [0.25, 0.3) is 0 Å². The van der Waals surface area contributed by atoms with E-state index in [1.165, 1.54) is 4.90 Å². The van der Waals surface area contributed by atoms with Crippen molar-refractivity contribution >= 4 is 17.7 Å². The Hall–Kier alpha value is -2.06. The van der Waals surface area contributed by atoms with Crippen LogP contribution in [0.15, 0.2) is 6.07 Å². The minimum Gasteiger partial charge on any atom is -0.347 e. The molecule has 2 atom stereocenters. The maximum absolute atomic E-state index is 13.2. The minimum atomic E-state index is -4.56. The van der Waals surface area contributed by atoms with Crippen LogP contribution in [0.4, 0.5) is 24.9 Å². The molecule has 2 aliphatic heterocycles. The van der Waals surface area contributed by atoms with E-state index in [-0.39, 0.29) is 23.7 Å². The third-order valence-corrected chi connectivity index (χ3v) is 4.58. The quantitative estimate of drug-likeness (QED) is 0.819. The number of alkyl halides is 3. The van der Waals surface area contributed by atoms with Gasteiger partial charge in [0.05, 0.1) is 0 Å². The van der Waals surface area contributed by atoms with Gasteiger partial charge < -0.3 is 14.7 Å². The van der Waals surface area contributed by atoms with E-state index in [9.17, 15) is 18.0 Å². The van der Waals surface area contributed by atoms with Gasteiger partial charge >= 0.3 is 6.18 Å². The van der Waals surface area contributed by atoms with Crippen molar-refractivity contribution in [3.8, 4) is 0 Å². The van der Waals surface area contributed by atoms with Crippen molar-refractivity contribution in [3.05, 3.63) is 11.8 Å². The van der Waals surface area contributed by atoms with Crippen LogP contribution in [0, 0.1) is 0 Å². The summed E-state index contributed by atoms with van der Waals surface area (Å²) in [7, 11) is 3.17. The van der Waals surface area contributed by atoms with Gasteiger partial charge in [-0.15, -0.1) is 0 Å². The van der Waals surface area contributed by atoms with Crippen LogP contribution in [-0.2, 0) is 11.0 Å². The highest BCUT2D eigenvalue weighted by atomic mass is 19.4. The number of rotatable bonds is 2. The Kier molecular flexibility index (Phi) is 4.05. The summed E-state index contributed by atoms with van der Waals surface area (Å²) < 4.78 is 39.5. The average Bonchev–Trinajstić information content (AvgIpc) is 2.98. The topological polar surface area (TPSA) is 52.6 Å². The molecule has 3 heterocycles. The van der Waals surface area contributed by atoms with Crippen LogP contribution in [-0.4, -0.2) is 60.0 Å². The second-order valence-corrected chi connectivity index (χ2v) is 6.46. The SMILES string of the molecule is C[C@@H]1C(=O)N2CCC[C@H]2CN1c1cc(C(F)(F)F)nc(N(C)C)n1. The summed E-state index contributed by atoms with van der Waals surface area (Å²) in [4.78, 5) is 25.2. The lowest BCUT2D eigenvalue weighted by atomic mass is 10.1. The first-order chi connectivity index (χ1) is 11.2. The molecule has 1 amide bonds. The fraction of sp³-hybridized carbons (Fsp3) is 0.667. The van der Waals surface area contributed by atoms with Crippen molar-refractivity contribution in [2.75, 3.05) is 37.0 Å². The summed E-state index contributed by atoms with van der Waals surface area (Å²) in [5, 5.41) is 0. The Bertz CT molecular complexity index is 648. The Morgan fingerprint density at radius 3 is 2.58 bits per heavy atom. The number of anilines is 2. The highest BCUT2D eigenvalue weighted by Crippen LogP contribution is 2.34. The average molecular weight is 343 g/mol. The summed E-state index contributed by atoms with van der Waals surface area (Å²) in [6.45, 7) is 2.93. The number of piperazine rings is 1. The van der Waals surface area contributed by atoms with Crippen LogP contribution in [0.5, 0.6) is 0 Å². The smallest absolute Gasteiger partial charge is 0.347 e. The lowest BCUT2D eigenvalue weighted by Gasteiger charge is -2.42. The number of carbonyl (C=O) groups excluding carboxylic acids is 1. The molecule has 0 aromatic carbocycles. The maximum atomic E-state index is 13.2. The van der Waals surface area contributed by atoms with Gasteiger partial charge in [0, 0.05) is 39.3 Å². The van der Waals surface area contributed by atoms with E-state index in [1.54, 1.807) is 25.9 Å². The molecule has 2 fully saturated rings. The molecular weight excluding hydrogens is 323 g/mol. The number of hydrogen-bond acceptors (Lipinski definition) is 5. The van der Waals surface area contributed by atoms with Crippen LogP contribution < -0.4 is 9.80 Å². The lowest BCUT2D eigenvalue weighted by Crippen LogP contribution is -2.59. The summed E-state index contributed by atoms with van der Waals surface area (Å²) >= 11 is 0. The molecule has 0 saturated carbocycles. The molecule has 3 rings (SSSR count). The molecule has 2 aliphatic rings. The Balaban J connectivity index is 2.01. The van der Waals surface area contributed by atoms with Crippen LogP contribution in [0.2, 0.25) is 0 Å². The van der Waals surface area contributed by atoms with Crippen molar-refractivity contribution in [1.29, 1.82) is 0 Å². The van der Waals surface area contributed by atoms with E-state index in [0.717, 1.165) is 25.5 Å². The van der Waals surface area contributed by atoms with Gasteiger partial charge in [-0.25, -0.2) is 4.98 Å². The van der Waals surface area contributed by atoms with Gasteiger partial charge in [0.25, 0.3) is 0 Å². The van der Waals surface area contributed by atoms with Crippen LogP contribution in [0.3, 0.4) is 0 Å². The van der Waals surface area contributed by atoms with Gasteiger partial charge in [0.2, 0.25) is 11.9 Å². The molecule has 24 heavy (non-hydrogen) atoms. The third-order valence-electron chi connectivity index (χ3n) is 4.58. The molecule has 0 N–H and O–H groups in total. The van der Waals surface area contributed by atoms with Gasteiger partial charge in [-0.1, -0.05) is 0 Å². The lowest BCUT2D eigenvalue weighted by molar-refractivity contribution is -0.141. The Morgan fingerprint density at radius 2 is 1.96 bits per heavy atom. The second kappa shape index (κ2) is 5.78. The molecule has 0 bridgehead atoms. The number of nitrogens with zero attached hydrogens (tertiary/aromatic N) is 5. The first kappa shape index (κ1) is 16.8. The minimum absolute atomic E-state index is 0.0201. The van der Waals surface area contributed by atoms with Crippen molar-refractivity contribution in [3.63, 3.8) is 0 Å². The van der Waals surface area contributed by atoms with Gasteiger partial charge in [0.1, 0.15) is 11.9 Å². The number of fused-ring (bicyclic) bond motifs is 1. The maximum Gasteiger partial charge on any atom is 0.433 e. The Morgan fingerprint density at radius 1 is 1.25 bits per heavy atom. The van der Waals surface area contributed by atoms with Crippen molar-refractivity contribution in [1.82, 2.24) is 14.9 Å². The fourth-order valence-corrected chi connectivity index (χ4v) is 3.28. The number of halogens is 3. The zero-order chi connectivity index (χ0) is 17.6. The van der Waals surface area contributed by atoms with E-state index >= 15 is 0 Å². The Labute approximate surface area is 138 Å². The molecule has 1 aromatic rings. The summed E-state index contributed by atoms with van der Waals surface area (Å²) in [5.74, 6) is 0.0732. The normalized spacial score (nSPS) is 24.3. The predicted octanol–water partition coefficient (Wildman–Crippen LogP) is 1.76. The van der Waals surface area contributed by atoms with Gasteiger partial charge in [-0.05, 0) is 19.8 Å². The first-order valence-electron chi connectivity index (χ1n) is 7.89. The second-order valence-electron chi connectivity index (χ2n) is 6.46. The molecule has 0 aliphatic carbocycles. The molecule has 9 heteroatoms. The molecular formula is C15H20F3N5O. The number of amides is 1. The number of carbonyl (C=O) groups is 1. The molecule has 6 nitrogen and oxygen atoms in total. The van der Waals surface area contributed by atoms with E-state index in [4.69, 9.17) is 0 Å². The van der Waals surface area contributed by atoms with Crippen LogP contribution >= 0.6 is 0 Å². The first-order valence-corrected chi connectivity index (χ1v) is 7.89. The van der Waals surface area contributed by atoms with Crippen molar-refractivity contribution < 1.29 is 18.0 Å². The summed E-state index contributed by atoms with van der Waals surface area (Å²) in [6, 6.07) is 0.438. The zero-order valence-corrected chi connectivity index (χ0v) is 13.8. The van der Waals surface area contributed by atoms with Gasteiger partial charge in [-0.2, -0.15) is 18.2 Å². The van der Waals surface area contributed by atoms with Crippen molar-refractivity contribution in [2.24, 2.45) is 0 Å². The van der Waals surface area contributed by atoms with Gasteiger partial charge in [0.15, 0.2) is 5.69 Å². The van der Waals surface area contributed by atoms with E-state index in [2.05, 4.69) is 9.97 Å².